The van der Waals surface area contributed by atoms with Crippen molar-refractivity contribution in [3.8, 4) is 0 Å². The summed E-state index contributed by atoms with van der Waals surface area (Å²) < 4.78 is 33.5. The molecule has 25 heavy (non-hydrogen) atoms. The smallest absolute Gasteiger partial charge is 0.338 e. The van der Waals surface area contributed by atoms with Crippen molar-refractivity contribution in [1.82, 2.24) is 9.55 Å². The topological polar surface area (TPSA) is 78.3 Å². The van der Waals surface area contributed by atoms with Crippen LogP contribution in [0.5, 0.6) is 0 Å². The van der Waals surface area contributed by atoms with Gasteiger partial charge in [-0.25, -0.2) is 18.2 Å². The number of pyridine rings is 1. The van der Waals surface area contributed by atoms with Crippen LogP contribution in [0.25, 0.3) is 10.9 Å². The number of carbonyl (C=O) groups excluding carboxylic acids is 1. The molecule has 0 fully saturated rings. The maximum atomic E-state index is 13.2. The first-order valence-electron chi connectivity index (χ1n) is 7.31. The van der Waals surface area contributed by atoms with Crippen LogP contribution in [0.4, 0.5) is 0 Å². The number of rotatable bonds is 3. The van der Waals surface area contributed by atoms with Gasteiger partial charge in [0, 0.05) is 30.3 Å². The van der Waals surface area contributed by atoms with Gasteiger partial charge in [-0.3, -0.25) is 0 Å². The predicted octanol–water partition coefficient (Wildman–Crippen LogP) is 3.26. The monoisotopic (exact) mass is 422 g/mol. The predicted molar refractivity (Wildman–Crippen MR) is 96.4 cm³/mol. The Balaban J connectivity index is 2.37. The first-order chi connectivity index (χ1) is 11.8. The van der Waals surface area contributed by atoms with Crippen LogP contribution in [0.3, 0.4) is 0 Å². The Hall–Kier alpha value is -2.19. The Morgan fingerprint density at radius 2 is 2.00 bits per heavy atom. The van der Waals surface area contributed by atoms with Gasteiger partial charge in [-0.05, 0) is 46.6 Å². The van der Waals surface area contributed by atoms with Crippen molar-refractivity contribution >= 4 is 42.6 Å². The summed E-state index contributed by atoms with van der Waals surface area (Å²) in [4.78, 5) is 16.3. The van der Waals surface area contributed by atoms with E-state index in [-0.39, 0.29) is 15.4 Å². The molecule has 0 aliphatic rings. The number of sulfone groups is 1. The highest BCUT2D eigenvalue weighted by Crippen LogP contribution is 2.33. The summed E-state index contributed by atoms with van der Waals surface area (Å²) in [5.41, 5.74) is 1.40. The van der Waals surface area contributed by atoms with E-state index in [9.17, 15) is 13.2 Å². The van der Waals surface area contributed by atoms with Gasteiger partial charge in [0.05, 0.1) is 22.5 Å². The van der Waals surface area contributed by atoms with Crippen LogP contribution >= 0.6 is 15.9 Å². The van der Waals surface area contributed by atoms with E-state index < -0.39 is 15.8 Å². The minimum atomic E-state index is -3.87. The normalized spacial score (nSPS) is 11.7. The Kier molecular flexibility index (Phi) is 4.42. The maximum absolute atomic E-state index is 13.2. The second kappa shape index (κ2) is 6.27. The number of esters is 1. The molecule has 0 spiro atoms. The molecule has 0 amide bonds. The number of hydrogen-bond acceptors (Lipinski definition) is 5. The molecule has 8 heteroatoms. The average Bonchev–Trinajstić information content (AvgIpc) is 2.92. The minimum absolute atomic E-state index is 0.0539. The third kappa shape index (κ3) is 2.85. The number of methoxy groups -OCH3 is 1. The van der Waals surface area contributed by atoms with Gasteiger partial charge in [-0.2, -0.15) is 0 Å². The van der Waals surface area contributed by atoms with Gasteiger partial charge in [-0.1, -0.05) is 6.07 Å². The molecule has 3 rings (SSSR count). The second-order valence-corrected chi connectivity index (χ2v) is 8.27. The number of aryl methyl sites for hydroxylation is 2. The Bertz CT molecular complexity index is 1100. The van der Waals surface area contributed by atoms with Gasteiger partial charge in [-0.15, -0.1) is 0 Å². The summed E-state index contributed by atoms with van der Waals surface area (Å²) >= 11 is 3.23. The van der Waals surface area contributed by atoms with Crippen LogP contribution in [0.15, 0.2) is 51.1 Å². The summed E-state index contributed by atoms with van der Waals surface area (Å²) in [6.45, 7) is 1.70. The van der Waals surface area contributed by atoms with Crippen LogP contribution in [-0.4, -0.2) is 31.0 Å². The molecule has 2 aromatic heterocycles. The summed E-state index contributed by atoms with van der Waals surface area (Å²) in [5, 5.41) is 0.346. The first kappa shape index (κ1) is 17.6. The lowest BCUT2D eigenvalue weighted by atomic mass is 10.1. The van der Waals surface area contributed by atoms with Crippen LogP contribution in [0.2, 0.25) is 0 Å². The van der Waals surface area contributed by atoms with Gasteiger partial charge >= 0.3 is 5.97 Å². The molecule has 6 nitrogen and oxygen atoms in total. The third-order valence-electron chi connectivity index (χ3n) is 3.99. The van der Waals surface area contributed by atoms with E-state index in [0.717, 1.165) is 0 Å². The number of aromatic nitrogens is 2. The zero-order chi connectivity index (χ0) is 18.4. The van der Waals surface area contributed by atoms with Gasteiger partial charge < -0.3 is 9.30 Å². The van der Waals surface area contributed by atoms with Crippen molar-refractivity contribution in [3.63, 3.8) is 0 Å². The number of benzene rings is 1. The van der Waals surface area contributed by atoms with E-state index in [0.29, 0.717) is 21.1 Å². The van der Waals surface area contributed by atoms with E-state index in [4.69, 9.17) is 4.74 Å². The fourth-order valence-electron chi connectivity index (χ4n) is 2.80. The molecule has 0 aliphatic carbocycles. The van der Waals surface area contributed by atoms with E-state index in [1.54, 1.807) is 42.8 Å². The molecule has 0 saturated heterocycles. The highest BCUT2D eigenvalue weighted by atomic mass is 79.9. The van der Waals surface area contributed by atoms with Crippen molar-refractivity contribution in [2.24, 2.45) is 7.05 Å². The van der Waals surface area contributed by atoms with E-state index in [1.807, 2.05) is 0 Å². The molecular formula is C17H15BrN2O4S. The number of halogens is 1. The molecule has 0 aliphatic heterocycles. The van der Waals surface area contributed by atoms with E-state index in [2.05, 4.69) is 20.9 Å². The Labute approximate surface area is 153 Å². The minimum Gasteiger partial charge on any atom is -0.465 e. The number of fused-ring (bicyclic) bond motifs is 1. The SMILES string of the molecule is COC(=O)c1cccc2c1c(S(=O)(=O)c1cnc(Br)cc1C)cn2C. The van der Waals surface area contributed by atoms with Gasteiger partial charge in [0.15, 0.2) is 0 Å². The lowest BCUT2D eigenvalue weighted by molar-refractivity contribution is 0.0603. The molecule has 3 aromatic rings. The van der Waals surface area contributed by atoms with Crippen LogP contribution < -0.4 is 0 Å². The van der Waals surface area contributed by atoms with Crippen LogP contribution in [0, 0.1) is 6.92 Å². The van der Waals surface area contributed by atoms with Crippen molar-refractivity contribution in [3.05, 3.63) is 52.4 Å². The average molecular weight is 423 g/mol. The first-order valence-corrected chi connectivity index (χ1v) is 9.58. The van der Waals surface area contributed by atoms with Gasteiger partial charge in [0.25, 0.3) is 0 Å². The number of ether oxygens (including phenoxy) is 1. The van der Waals surface area contributed by atoms with Gasteiger partial charge in [0.1, 0.15) is 4.60 Å². The molecule has 0 N–H and O–H groups in total. The fourth-order valence-corrected chi connectivity index (χ4v) is 4.93. The van der Waals surface area contributed by atoms with Gasteiger partial charge in [0.2, 0.25) is 9.84 Å². The summed E-state index contributed by atoms with van der Waals surface area (Å²) in [6.07, 6.45) is 2.82. The molecule has 0 bridgehead atoms. The maximum Gasteiger partial charge on any atom is 0.338 e. The second-order valence-electron chi connectivity index (χ2n) is 5.57. The van der Waals surface area contributed by atoms with Crippen LogP contribution in [0.1, 0.15) is 15.9 Å². The summed E-state index contributed by atoms with van der Waals surface area (Å²) in [6, 6.07) is 6.64. The number of nitrogens with zero attached hydrogens (tertiary/aromatic N) is 2. The zero-order valence-corrected chi connectivity index (χ0v) is 16.2. The van der Waals surface area contributed by atoms with Crippen LogP contribution in [-0.2, 0) is 21.6 Å². The molecular weight excluding hydrogens is 408 g/mol. The molecule has 0 unspecified atom stereocenters. The largest absolute Gasteiger partial charge is 0.465 e. The Morgan fingerprint density at radius 3 is 2.64 bits per heavy atom. The number of hydrogen-bond donors (Lipinski definition) is 0. The lowest BCUT2D eigenvalue weighted by Gasteiger charge is -2.08. The molecule has 0 radical (unpaired) electrons. The molecule has 0 saturated carbocycles. The molecule has 130 valence electrons. The zero-order valence-electron chi connectivity index (χ0n) is 13.8. The standard InChI is InChI=1S/C17H15BrN2O4S/c1-10-7-15(18)19-8-13(10)25(22,23)14-9-20(2)12-6-4-5-11(16(12)14)17(21)24-3/h4-9H,1-3H3. The van der Waals surface area contributed by atoms with Crippen molar-refractivity contribution in [1.29, 1.82) is 0 Å². The molecule has 2 heterocycles. The highest BCUT2D eigenvalue weighted by molar-refractivity contribution is 9.10. The fraction of sp³-hybridized carbons (Fsp3) is 0.176. The van der Waals surface area contributed by atoms with Crippen molar-refractivity contribution < 1.29 is 17.9 Å². The van der Waals surface area contributed by atoms with Crippen molar-refractivity contribution in [2.45, 2.75) is 16.7 Å². The van der Waals surface area contributed by atoms with E-state index in [1.165, 1.54) is 19.5 Å². The number of carbonyl (C=O) groups is 1. The Morgan fingerprint density at radius 1 is 1.28 bits per heavy atom. The molecule has 0 atom stereocenters. The van der Waals surface area contributed by atoms with Crippen molar-refractivity contribution in [2.75, 3.05) is 7.11 Å². The highest BCUT2D eigenvalue weighted by Gasteiger charge is 2.28. The third-order valence-corrected chi connectivity index (χ3v) is 6.32. The summed E-state index contributed by atoms with van der Waals surface area (Å²) in [7, 11) is -0.872. The molecule has 1 aromatic carbocycles. The quantitative estimate of drug-likeness (QED) is 0.478. The van der Waals surface area contributed by atoms with E-state index >= 15 is 0 Å². The summed E-state index contributed by atoms with van der Waals surface area (Å²) in [5.74, 6) is -0.584. The lowest BCUT2D eigenvalue weighted by Crippen LogP contribution is -2.07.